The summed E-state index contributed by atoms with van der Waals surface area (Å²) >= 11 is 0. The minimum absolute atomic E-state index is 0. The second kappa shape index (κ2) is 15.3. The summed E-state index contributed by atoms with van der Waals surface area (Å²) in [6.45, 7) is 2.66. The highest BCUT2D eigenvalue weighted by Crippen LogP contribution is 2.04. The van der Waals surface area contributed by atoms with Gasteiger partial charge in [-0.1, -0.05) is 19.3 Å². The van der Waals surface area contributed by atoms with Gasteiger partial charge < -0.3 is 41.7 Å². The summed E-state index contributed by atoms with van der Waals surface area (Å²) in [6.07, 6.45) is 6.55. The highest BCUT2D eigenvalue weighted by atomic mass is 35.5. The zero-order valence-electron chi connectivity index (χ0n) is 10.3. The Morgan fingerprint density at radius 2 is 1.65 bits per heavy atom. The summed E-state index contributed by atoms with van der Waals surface area (Å²) in [5.41, 5.74) is 5.46. The number of hydrogen-bond donors (Lipinski definition) is 4. The first-order valence-electron chi connectivity index (χ1n) is 5.48. The molecule has 0 atom stereocenters. The maximum atomic E-state index is 7.16. The summed E-state index contributed by atoms with van der Waals surface area (Å²) in [6, 6.07) is 0. The first-order valence-corrected chi connectivity index (χ1v) is 5.48. The van der Waals surface area contributed by atoms with Crippen molar-refractivity contribution in [2.75, 3.05) is 6.54 Å². The van der Waals surface area contributed by atoms with Crippen molar-refractivity contribution in [3.05, 3.63) is 0 Å². The Labute approximate surface area is 116 Å². The molecule has 0 bridgehead atoms. The van der Waals surface area contributed by atoms with Crippen LogP contribution in [0.15, 0.2) is 5.10 Å². The second-order valence-electron chi connectivity index (χ2n) is 3.69. The average Bonchev–Trinajstić information content (AvgIpc) is 2.21. The van der Waals surface area contributed by atoms with E-state index in [0.717, 1.165) is 25.8 Å². The van der Waals surface area contributed by atoms with Crippen LogP contribution in [0.3, 0.4) is 0 Å². The van der Waals surface area contributed by atoms with Crippen molar-refractivity contribution in [3.8, 4) is 0 Å². The Balaban J connectivity index is -0.000000980. The van der Waals surface area contributed by atoms with Crippen LogP contribution in [-0.4, -0.2) is 18.2 Å². The minimum Gasteiger partial charge on any atom is -1.00 e. The topological polar surface area (TPSA) is 100 Å². The zero-order chi connectivity index (χ0) is 11.5. The van der Waals surface area contributed by atoms with Gasteiger partial charge in [-0.2, -0.15) is 5.10 Å². The molecule has 0 fully saturated rings. The third-order valence-electron chi connectivity index (χ3n) is 2.17. The number of rotatable bonds is 8. The van der Waals surface area contributed by atoms with E-state index in [1.807, 2.05) is 0 Å². The third-order valence-corrected chi connectivity index (χ3v) is 2.17. The largest absolute Gasteiger partial charge is 1.00 e. The molecule has 0 aliphatic rings. The van der Waals surface area contributed by atoms with E-state index in [1.165, 1.54) is 19.3 Å². The first-order chi connectivity index (χ1) is 7.16. The number of halogens is 2. The van der Waals surface area contributed by atoms with Crippen LogP contribution in [0.1, 0.15) is 45.4 Å². The number of nitrogens with zero attached hydrogens (tertiary/aromatic N) is 1. The first kappa shape index (κ1) is 21.6. The molecular weight excluding hydrogens is 261 g/mol. The van der Waals surface area contributed by atoms with Gasteiger partial charge in [0.25, 0.3) is 0 Å². The van der Waals surface area contributed by atoms with Crippen LogP contribution < -0.4 is 41.7 Å². The van der Waals surface area contributed by atoms with Crippen LogP contribution in [0.5, 0.6) is 0 Å². The number of unbranched alkanes of at least 4 members (excludes halogenated alkanes) is 4. The predicted octanol–water partition coefficient (Wildman–Crippen LogP) is -4.85. The van der Waals surface area contributed by atoms with E-state index in [9.17, 15) is 0 Å². The fourth-order valence-corrected chi connectivity index (χ4v) is 1.30. The van der Waals surface area contributed by atoms with Gasteiger partial charge in [-0.3, -0.25) is 5.41 Å². The molecule has 0 aliphatic carbocycles. The van der Waals surface area contributed by atoms with E-state index < -0.39 is 0 Å². The van der Waals surface area contributed by atoms with Gasteiger partial charge in [-0.15, -0.1) is 0 Å². The van der Waals surface area contributed by atoms with E-state index in [2.05, 4.69) is 10.4 Å². The summed E-state index contributed by atoms with van der Waals surface area (Å²) in [7, 11) is 0. The number of nitrogens with one attached hydrogen (secondary N) is 2. The van der Waals surface area contributed by atoms with E-state index in [-0.39, 0.29) is 24.8 Å². The lowest BCUT2D eigenvalue weighted by atomic mass is 10.1. The van der Waals surface area contributed by atoms with E-state index >= 15 is 0 Å². The van der Waals surface area contributed by atoms with Crippen LogP contribution in [0.4, 0.5) is 0 Å². The van der Waals surface area contributed by atoms with Crippen molar-refractivity contribution >= 4 is 11.7 Å². The number of hydrazone groups is 1. The molecule has 5 nitrogen and oxygen atoms in total. The van der Waals surface area contributed by atoms with Crippen molar-refractivity contribution < 1.29 is 24.8 Å². The second-order valence-corrected chi connectivity index (χ2v) is 3.69. The Morgan fingerprint density at radius 1 is 1.12 bits per heavy atom. The molecule has 0 aromatic heterocycles. The monoisotopic (exact) mass is 283 g/mol. The van der Waals surface area contributed by atoms with Gasteiger partial charge in [0.15, 0.2) is 0 Å². The van der Waals surface area contributed by atoms with E-state index in [4.69, 9.17) is 17.0 Å². The number of nitrogens with two attached hydrogens (primary N) is 2. The van der Waals surface area contributed by atoms with Crippen LogP contribution in [-0.2, 0) is 0 Å². The molecule has 0 aliphatic heterocycles. The van der Waals surface area contributed by atoms with Crippen molar-refractivity contribution in [1.82, 2.24) is 5.32 Å². The molecule has 6 N–H and O–H groups in total. The zero-order valence-corrected chi connectivity index (χ0v) is 11.8. The van der Waals surface area contributed by atoms with Gasteiger partial charge in [0, 0.05) is 13.0 Å². The molecule has 0 heterocycles. The summed E-state index contributed by atoms with van der Waals surface area (Å²) in [4.78, 5) is 0. The Bertz CT molecular complexity index is 209. The summed E-state index contributed by atoms with van der Waals surface area (Å²) in [5, 5.41) is 13.6. The van der Waals surface area contributed by atoms with Gasteiger partial charge in [0.2, 0.25) is 0 Å². The molecule has 0 saturated carbocycles. The van der Waals surface area contributed by atoms with Gasteiger partial charge >= 0.3 is 0 Å². The molecule has 7 heteroatoms. The maximum Gasteiger partial charge on any atom is 0.119 e. The van der Waals surface area contributed by atoms with Gasteiger partial charge in [0.05, 0.1) is 5.84 Å². The summed E-state index contributed by atoms with van der Waals surface area (Å²) in [5.74, 6) is 6.10. The molecular formula is C10H23Cl2N5-2. The smallest absolute Gasteiger partial charge is 0.119 e. The van der Waals surface area contributed by atoms with Gasteiger partial charge in [-0.25, -0.2) is 0 Å². The van der Waals surface area contributed by atoms with Crippen LogP contribution >= 0.6 is 0 Å². The van der Waals surface area contributed by atoms with Crippen molar-refractivity contribution in [1.29, 1.82) is 5.41 Å². The molecule has 0 unspecified atom stereocenters. The third kappa shape index (κ3) is 17.9. The highest BCUT2D eigenvalue weighted by molar-refractivity contribution is 5.79. The molecule has 0 radical (unpaired) electrons. The quantitative estimate of drug-likeness (QED) is 0.118. The lowest BCUT2D eigenvalue weighted by Gasteiger charge is -2.03. The molecule has 17 heavy (non-hydrogen) atoms. The standard InChI is InChI=1S/C10H23N5.2ClH/c1-9(11)14-8-6-4-2-3-5-7-10(12)15-13;;/h2-8,13H2,1H3,(H2,11,14)(H2,12,15);2*1H/p-2. The van der Waals surface area contributed by atoms with E-state index in [0.29, 0.717) is 11.7 Å². The number of amidine groups is 2. The fraction of sp³-hybridized carbons (Fsp3) is 0.800. The Hall–Kier alpha value is -0.680. The average molecular weight is 284 g/mol. The van der Waals surface area contributed by atoms with E-state index in [1.54, 1.807) is 6.92 Å². The predicted molar refractivity (Wildman–Crippen MR) is 64.9 cm³/mol. The lowest BCUT2D eigenvalue weighted by molar-refractivity contribution is -0.00100. The van der Waals surface area contributed by atoms with Gasteiger partial charge in [-0.05, 0) is 19.8 Å². The lowest BCUT2D eigenvalue weighted by Crippen LogP contribution is -3.00. The summed E-state index contributed by atoms with van der Waals surface area (Å²) < 4.78 is 0. The molecule has 0 amide bonds. The molecule has 104 valence electrons. The fourth-order valence-electron chi connectivity index (χ4n) is 1.30. The van der Waals surface area contributed by atoms with Crippen LogP contribution in [0, 0.1) is 5.41 Å². The molecule has 0 saturated heterocycles. The molecule has 0 spiro atoms. The van der Waals surface area contributed by atoms with Crippen LogP contribution in [0.25, 0.3) is 0 Å². The maximum absolute atomic E-state index is 7.16. The molecule has 0 aromatic carbocycles. The normalized spacial score (nSPS) is 10.1. The molecule has 0 rings (SSSR count). The Kier molecular flexibility index (Phi) is 19.5. The van der Waals surface area contributed by atoms with Crippen molar-refractivity contribution in [2.24, 2.45) is 16.7 Å². The van der Waals surface area contributed by atoms with Crippen LogP contribution in [0.2, 0.25) is 0 Å². The Morgan fingerprint density at radius 3 is 2.18 bits per heavy atom. The minimum atomic E-state index is 0. The van der Waals surface area contributed by atoms with Crippen molar-refractivity contribution in [3.63, 3.8) is 0 Å². The number of hydrogen-bond acceptors (Lipinski definition) is 3. The molecule has 0 aromatic rings. The SMILES string of the molecule is CC(=N)NCCCCCCCC(N)=NN.[Cl-].[Cl-]. The highest BCUT2D eigenvalue weighted by Gasteiger charge is 1.94. The van der Waals surface area contributed by atoms with Crippen molar-refractivity contribution in [2.45, 2.75) is 45.4 Å². The van der Waals surface area contributed by atoms with Gasteiger partial charge in [0.1, 0.15) is 5.84 Å².